The maximum absolute atomic E-state index is 9.20. The van der Waals surface area contributed by atoms with Gasteiger partial charge in [0.05, 0.1) is 6.10 Å². The van der Waals surface area contributed by atoms with E-state index in [0.29, 0.717) is 0 Å². The molecule has 0 spiro atoms. The zero-order valence-corrected chi connectivity index (χ0v) is 8.01. The quantitative estimate of drug-likeness (QED) is 0.639. The van der Waals surface area contributed by atoms with Gasteiger partial charge in [0.25, 0.3) is 0 Å². The summed E-state index contributed by atoms with van der Waals surface area (Å²) in [5, 5.41) is 9.20. The molecule has 1 nitrogen and oxygen atoms in total. The van der Waals surface area contributed by atoms with Crippen molar-refractivity contribution < 1.29 is 5.11 Å². The molecular formula is C11H18O. The van der Waals surface area contributed by atoms with Crippen LogP contribution < -0.4 is 0 Å². The van der Waals surface area contributed by atoms with Crippen molar-refractivity contribution in [2.45, 2.75) is 45.6 Å². The second-order valence-corrected chi connectivity index (χ2v) is 3.54. The molecule has 0 aromatic rings. The maximum atomic E-state index is 9.20. The fourth-order valence-corrected chi connectivity index (χ4v) is 1.63. The highest BCUT2D eigenvalue weighted by molar-refractivity contribution is 5.22. The Morgan fingerprint density at radius 3 is 2.67 bits per heavy atom. The van der Waals surface area contributed by atoms with Gasteiger partial charge in [0.2, 0.25) is 0 Å². The summed E-state index contributed by atoms with van der Waals surface area (Å²) in [6.45, 7) is 4.04. The highest BCUT2D eigenvalue weighted by Gasteiger charge is 2.07. The number of aliphatic hydroxyl groups excluding tert-OH is 1. The van der Waals surface area contributed by atoms with Crippen LogP contribution in [-0.2, 0) is 0 Å². The Balaban J connectivity index is 2.43. The van der Waals surface area contributed by atoms with Gasteiger partial charge in [-0.25, -0.2) is 0 Å². The van der Waals surface area contributed by atoms with Crippen LogP contribution >= 0.6 is 0 Å². The molecule has 1 heteroatoms. The zero-order chi connectivity index (χ0) is 8.97. The monoisotopic (exact) mass is 166 g/mol. The second kappa shape index (κ2) is 4.46. The molecule has 1 aliphatic carbocycles. The first-order valence-electron chi connectivity index (χ1n) is 4.76. The van der Waals surface area contributed by atoms with E-state index in [9.17, 15) is 5.11 Å². The molecule has 1 aliphatic rings. The standard InChI is InChI=1S/C11H18O/c1-3-10-5-4-6-11(8-10)7-9(2)12/h5-6,9,12H,3-4,7-8H2,1-2H3/t9-/m1/s1. The lowest BCUT2D eigenvalue weighted by atomic mass is 9.93. The van der Waals surface area contributed by atoms with Crippen molar-refractivity contribution in [3.05, 3.63) is 23.3 Å². The molecule has 1 N–H and O–H groups in total. The highest BCUT2D eigenvalue weighted by Crippen LogP contribution is 2.23. The van der Waals surface area contributed by atoms with Crippen LogP contribution in [0.1, 0.15) is 39.5 Å². The van der Waals surface area contributed by atoms with Crippen molar-refractivity contribution in [2.24, 2.45) is 0 Å². The Kier molecular flexibility index (Phi) is 3.54. The third kappa shape index (κ3) is 2.82. The molecule has 0 fully saturated rings. The van der Waals surface area contributed by atoms with E-state index in [4.69, 9.17) is 0 Å². The summed E-state index contributed by atoms with van der Waals surface area (Å²) >= 11 is 0. The predicted molar refractivity (Wildman–Crippen MR) is 52.0 cm³/mol. The largest absolute Gasteiger partial charge is 0.393 e. The summed E-state index contributed by atoms with van der Waals surface area (Å²) in [6.07, 6.45) is 8.49. The fraction of sp³-hybridized carbons (Fsp3) is 0.636. The minimum absolute atomic E-state index is 0.188. The van der Waals surface area contributed by atoms with Gasteiger partial charge >= 0.3 is 0 Å². The van der Waals surface area contributed by atoms with Gasteiger partial charge in [-0.3, -0.25) is 0 Å². The van der Waals surface area contributed by atoms with E-state index in [2.05, 4.69) is 19.1 Å². The minimum atomic E-state index is -0.188. The van der Waals surface area contributed by atoms with Crippen molar-refractivity contribution in [2.75, 3.05) is 0 Å². The van der Waals surface area contributed by atoms with Crippen LogP contribution in [-0.4, -0.2) is 11.2 Å². The second-order valence-electron chi connectivity index (χ2n) is 3.54. The number of hydrogen-bond donors (Lipinski definition) is 1. The molecule has 0 aromatic heterocycles. The lowest BCUT2D eigenvalue weighted by molar-refractivity contribution is 0.194. The Labute approximate surface area is 74.8 Å². The first kappa shape index (κ1) is 9.53. The molecule has 0 aromatic carbocycles. The fourth-order valence-electron chi connectivity index (χ4n) is 1.63. The molecule has 1 atom stereocenters. The molecule has 0 aliphatic heterocycles. The predicted octanol–water partition coefficient (Wildman–Crippen LogP) is 2.81. The first-order valence-corrected chi connectivity index (χ1v) is 4.76. The van der Waals surface area contributed by atoms with Crippen molar-refractivity contribution in [3.63, 3.8) is 0 Å². The number of hydrogen-bond acceptors (Lipinski definition) is 1. The Morgan fingerprint density at radius 2 is 2.08 bits per heavy atom. The van der Waals surface area contributed by atoms with Crippen LogP contribution in [0.25, 0.3) is 0 Å². The first-order chi connectivity index (χ1) is 5.72. The molecule has 0 saturated heterocycles. The SMILES string of the molecule is CCC1=CCC=C(C[C@@H](C)O)C1. The van der Waals surface area contributed by atoms with Gasteiger partial charge in [-0.1, -0.05) is 30.2 Å². The average molecular weight is 166 g/mol. The molecule has 68 valence electrons. The minimum Gasteiger partial charge on any atom is -0.393 e. The van der Waals surface area contributed by atoms with Crippen molar-refractivity contribution >= 4 is 0 Å². The molecule has 0 radical (unpaired) electrons. The maximum Gasteiger partial charge on any atom is 0.0549 e. The van der Waals surface area contributed by atoms with Gasteiger partial charge in [-0.05, 0) is 32.6 Å². The highest BCUT2D eigenvalue weighted by atomic mass is 16.3. The molecular weight excluding hydrogens is 148 g/mol. The molecule has 0 amide bonds. The summed E-state index contributed by atoms with van der Waals surface area (Å²) in [7, 11) is 0. The van der Waals surface area contributed by atoms with Crippen LogP contribution in [0.5, 0.6) is 0 Å². The molecule has 0 bridgehead atoms. The Hall–Kier alpha value is -0.560. The zero-order valence-electron chi connectivity index (χ0n) is 8.01. The van der Waals surface area contributed by atoms with E-state index in [0.717, 1.165) is 25.7 Å². The van der Waals surface area contributed by atoms with Crippen LogP contribution in [0.4, 0.5) is 0 Å². The number of aliphatic hydroxyl groups is 1. The van der Waals surface area contributed by atoms with Gasteiger partial charge in [-0.2, -0.15) is 0 Å². The summed E-state index contributed by atoms with van der Waals surface area (Å²) in [6, 6.07) is 0. The van der Waals surface area contributed by atoms with Gasteiger partial charge in [0.15, 0.2) is 0 Å². The van der Waals surface area contributed by atoms with Crippen LogP contribution in [0.15, 0.2) is 23.3 Å². The normalized spacial score (nSPS) is 19.9. The van der Waals surface area contributed by atoms with Crippen molar-refractivity contribution in [1.29, 1.82) is 0 Å². The third-order valence-electron chi connectivity index (χ3n) is 2.28. The molecule has 12 heavy (non-hydrogen) atoms. The van der Waals surface area contributed by atoms with Crippen LogP contribution in [0, 0.1) is 0 Å². The van der Waals surface area contributed by atoms with Gasteiger partial charge < -0.3 is 5.11 Å². The van der Waals surface area contributed by atoms with E-state index in [-0.39, 0.29) is 6.10 Å². The molecule has 0 heterocycles. The topological polar surface area (TPSA) is 20.2 Å². The molecule has 0 unspecified atom stereocenters. The lowest BCUT2D eigenvalue weighted by Crippen LogP contribution is -2.03. The summed E-state index contributed by atoms with van der Waals surface area (Å²) in [4.78, 5) is 0. The smallest absolute Gasteiger partial charge is 0.0549 e. The van der Waals surface area contributed by atoms with E-state index < -0.39 is 0 Å². The summed E-state index contributed by atoms with van der Waals surface area (Å²) < 4.78 is 0. The Bertz CT molecular complexity index is 199. The van der Waals surface area contributed by atoms with E-state index in [1.165, 1.54) is 11.1 Å². The van der Waals surface area contributed by atoms with Gasteiger partial charge in [0.1, 0.15) is 0 Å². The lowest BCUT2D eigenvalue weighted by Gasteiger charge is -2.15. The van der Waals surface area contributed by atoms with E-state index in [1.54, 1.807) is 0 Å². The number of rotatable bonds is 3. The number of allylic oxidation sites excluding steroid dienone is 3. The van der Waals surface area contributed by atoms with Crippen LogP contribution in [0.2, 0.25) is 0 Å². The summed E-state index contributed by atoms with van der Waals surface area (Å²) in [5.74, 6) is 0. The average Bonchev–Trinajstić information content (AvgIpc) is 2.03. The van der Waals surface area contributed by atoms with Gasteiger partial charge in [-0.15, -0.1) is 0 Å². The van der Waals surface area contributed by atoms with E-state index in [1.807, 2.05) is 6.92 Å². The van der Waals surface area contributed by atoms with Crippen molar-refractivity contribution in [3.8, 4) is 0 Å². The Morgan fingerprint density at radius 1 is 1.42 bits per heavy atom. The van der Waals surface area contributed by atoms with Gasteiger partial charge in [0, 0.05) is 0 Å². The molecule has 0 saturated carbocycles. The van der Waals surface area contributed by atoms with Crippen LogP contribution in [0.3, 0.4) is 0 Å². The molecule has 1 rings (SSSR count). The third-order valence-corrected chi connectivity index (χ3v) is 2.28. The van der Waals surface area contributed by atoms with Crippen molar-refractivity contribution in [1.82, 2.24) is 0 Å². The van der Waals surface area contributed by atoms with E-state index >= 15 is 0 Å². The summed E-state index contributed by atoms with van der Waals surface area (Å²) in [5.41, 5.74) is 2.93.